The SMILES string of the molecule is CCCC(NC(=O)C1CCCN1C(=O)C(NC(=O)NC(C(=O)OCc1ccccc1)C(F)(F)F)C(C)(C)C)C(C)=O. The maximum atomic E-state index is 13.7. The monoisotopic (exact) mass is 584 g/mol. The van der Waals surface area contributed by atoms with E-state index < -0.39 is 66.2 Å². The number of benzene rings is 1. The van der Waals surface area contributed by atoms with E-state index >= 15 is 0 Å². The maximum absolute atomic E-state index is 13.7. The van der Waals surface area contributed by atoms with Crippen molar-refractivity contribution in [2.24, 2.45) is 5.41 Å². The Hall–Kier alpha value is -3.64. The number of carbonyl (C=O) groups is 5. The summed E-state index contributed by atoms with van der Waals surface area (Å²) >= 11 is 0. The van der Waals surface area contributed by atoms with Gasteiger partial charge in [-0.2, -0.15) is 13.2 Å². The van der Waals surface area contributed by atoms with E-state index in [1.165, 1.54) is 11.8 Å². The summed E-state index contributed by atoms with van der Waals surface area (Å²) in [6.07, 6.45) is -3.28. The van der Waals surface area contributed by atoms with Crippen LogP contribution < -0.4 is 16.0 Å². The van der Waals surface area contributed by atoms with Gasteiger partial charge in [0.05, 0.1) is 6.04 Å². The summed E-state index contributed by atoms with van der Waals surface area (Å²) in [5.74, 6) is -3.11. The topological polar surface area (TPSA) is 134 Å². The van der Waals surface area contributed by atoms with Crippen LogP contribution in [0.3, 0.4) is 0 Å². The average Bonchev–Trinajstić information content (AvgIpc) is 3.38. The highest BCUT2D eigenvalue weighted by Gasteiger charge is 2.48. The van der Waals surface area contributed by atoms with Crippen LogP contribution in [0.2, 0.25) is 0 Å². The second kappa shape index (κ2) is 14.3. The second-order valence-corrected chi connectivity index (χ2v) is 11.1. The van der Waals surface area contributed by atoms with Gasteiger partial charge in [-0.1, -0.05) is 64.4 Å². The van der Waals surface area contributed by atoms with Crippen molar-refractivity contribution >= 4 is 29.6 Å². The van der Waals surface area contributed by atoms with Crippen LogP contribution >= 0.6 is 0 Å². The lowest BCUT2D eigenvalue weighted by atomic mass is 9.85. The zero-order valence-corrected chi connectivity index (χ0v) is 24.0. The van der Waals surface area contributed by atoms with Gasteiger partial charge < -0.3 is 25.6 Å². The van der Waals surface area contributed by atoms with E-state index in [-0.39, 0.29) is 12.3 Å². The fraction of sp³-hybridized carbons (Fsp3) is 0.607. The molecule has 1 heterocycles. The maximum Gasteiger partial charge on any atom is 0.419 e. The van der Waals surface area contributed by atoms with Crippen LogP contribution in [0, 0.1) is 5.41 Å². The van der Waals surface area contributed by atoms with Crippen molar-refractivity contribution < 1.29 is 41.9 Å². The quantitative estimate of drug-likeness (QED) is 0.342. The summed E-state index contributed by atoms with van der Waals surface area (Å²) in [4.78, 5) is 64.8. The molecule has 3 N–H and O–H groups in total. The predicted molar refractivity (Wildman–Crippen MR) is 143 cm³/mol. The number of hydrogen-bond donors (Lipinski definition) is 3. The van der Waals surface area contributed by atoms with Crippen LogP contribution in [0.15, 0.2) is 30.3 Å². The van der Waals surface area contributed by atoms with Crippen molar-refractivity contribution in [1.29, 1.82) is 0 Å². The van der Waals surface area contributed by atoms with E-state index in [9.17, 15) is 37.1 Å². The number of hydrogen-bond acceptors (Lipinski definition) is 6. The van der Waals surface area contributed by atoms with Gasteiger partial charge in [0.15, 0.2) is 5.78 Å². The number of halogens is 3. The standard InChI is InChI=1S/C28H39F3N4O6/c1-6-11-19(17(2)36)32-23(37)20-14-10-15-35(20)24(38)21(27(3,4)5)33-26(40)34-22(28(29,30)31)25(39)41-16-18-12-8-7-9-13-18/h7-9,12-13,19-22H,6,10-11,14-16H2,1-5H3,(H,32,37)(H2,33,34,40). The average molecular weight is 585 g/mol. The Labute approximate surface area is 237 Å². The molecule has 0 spiro atoms. The molecule has 0 radical (unpaired) electrons. The van der Waals surface area contributed by atoms with Crippen LogP contribution in [0.1, 0.15) is 65.9 Å². The molecule has 13 heteroatoms. The Bertz CT molecular complexity index is 1090. The van der Waals surface area contributed by atoms with Crippen molar-refractivity contribution in [2.75, 3.05) is 6.54 Å². The summed E-state index contributed by atoms with van der Waals surface area (Å²) in [7, 11) is 0. The molecule has 0 aliphatic carbocycles. The number of carbonyl (C=O) groups excluding carboxylic acids is 5. The lowest BCUT2D eigenvalue weighted by Crippen LogP contribution is -2.62. The van der Waals surface area contributed by atoms with Crippen molar-refractivity contribution in [2.45, 2.75) is 97.3 Å². The molecule has 1 aromatic carbocycles. The number of ether oxygens (including phenoxy) is 1. The third kappa shape index (κ3) is 9.75. The number of Topliss-reactive ketones (excluding diaryl/α,β-unsaturated/α-hetero) is 1. The first-order chi connectivity index (χ1) is 19.1. The summed E-state index contributed by atoms with van der Waals surface area (Å²) < 4.78 is 45.9. The first-order valence-electron chi connectivity index (χ1n) is 13.5. The minimum atomic E-state index is -5.17. The molecular weight excluding hydrogens is 545 g/mol. The Morgan fingerprint density at radius 1 is 1.00 bits per heavy atom. The fourth-order valence-corrected chi connectivity index (χ4v) is 4.44. The van der Waals surface area contributed by atoms with Gasteiger partial charge in [-0.25, -0.2) is 9.59 Å². The number of alkyl halides is 3. The molecule has 4 unspecified atom stereocenters. The second-order valence-electron chi connectivity index (χ2n) is 11.1. The zero-order valence-electron chi connectivity index (χ0n) is 24.0. The molecular formula is C28H39F3N4O6. The van der Waals surface area contributed by atoms with Crippen LogP contribution in [-0.2, 0) is 30.5 Å². The fourth-order valence-electron chi connectivity index (χ4n) is 4.44. The lowest BCUT2D eigenvalue weighted by molar-refractivity contribution is -0.183. The van der Waals surface area contributed by atoms with Crippen LogP contribution in [-0.4, -0.2) is 71.4 Å². The summed E-state index contributed by atoms with van der Waals surface area (Å²) in [5, 5.41) is 6.54. The van der Waals surface area contributed by atoms with Gasteiger partial charge in [-0.05, 0) is 37.2 Å². The molecule has 4 atom stereocenters. The minimum Gasteiger partial charge on any atom is -0.459 e. The Kier molecular flexibility index (Phi) is 11.7. The third-order valence-electron chi connectivity index (χ3n) is 6.67. The molecule has 0 bridgehead atoms. The van der Waals surface area contributed by atoms with E-state index in [1.807, 2.05) is 6.92 Å². The number of esters is 1. The summed E-state index contributed by atoms with van der Waals surface area (Å²) in [5.41, 5.74) is -0.526. The van der Waals surface area contributed by atoms with Gasteiger partial charge in [0.25, 0.3) is 0 Å². The molecule has 0 saturated carbocycles. The highest BCUT2D eigenvalue weighted by Crippen LogP contribution is 2.27. The number of nitrogens with zero attached hydrogens (tertiary/aromatic N) is 1. The first-order valence-corrected chi connectivity index (χ1v) is 13.5. The van der Waals surface area contributed by atoms with Crippen LogP contribution in [0.4, 0.5) is 18.0 Å². The number of ketones is 1. The Morgan fingerprint density at radius 3 is 2.15 bits per heavy atom. The number of likely N-dealkylation sites (tertiary alicyclic amines) is 1. The zero-order chi connectivity index (χ0) is 31.0. The van der Waals surface area contributed by atoms with E-state index in [0.29, 0.717) is 31.2 Å². The highest BCUT2D eigenvalue weighted by atomic mass is 19.4. The molecule has 1 aliphatic rings. The lowest BCUT2D eigenvalue weighted by Gasteiger charge is -2.36. The molecule has 0 aromatic heterocycles. The van der Waals surface area contributed by atoms with E-state index in [1.54, 1.807) is 56.4 Å². The van der Waals surface area contributed by atoms with Crippen molar-refractivity contribution in [1.82, 2.24) is 20.9 Å². The number of amides is 4. The van der Waals surface area contributed by atoms with Gasteiger partial charge in [0.1, 0.15) is 18.7 Å². The molecule has 1 fully saturated rings. The first kappa shape index (κ1) is 33.6. The molecule has 2 rings (SSSR count). The number of rotatable bonds is 11. The van der Waals surface area contributed by atoms with Gasteiger partial charge in [0.2, 0.25) is 17.9 Å². The van der Waals surface area contributed by atoms with Gasteiger partial charge in [-0.15, -0.1) is 0 Å². The highest BCUT2D eigenvalue weighted by molar-refractivity contribution is 5.95. The van der Waals surface area contributed by atoms with Gasteiger partial charge in [0, 0.05) is 6.54 Å². The van der Waals surface area contributed by atoms with Crippen LogP contribution in [0.25, 0.3) is 0 Å². The summed E-state index contributed by atoms with van der Waals surface area (Å²) in [6.45, 7) is 7.78. The van der Waals surface area contributed by atoms with Gasteiger partial charge >= 0.3 is 18.2 Å². The Balaban J connectivity index is 2.15. The summed E-state index contributed by atoms with van der Waals surface area (Å²) in [6, 6.07) is 0.726. The Morgan fingerprint density at radius 2 is 1.61 bits per heavy atom. The van der Waals surface area contributed by atoms with Crippen molar-refractivity contribution in [3.63, 3.8) is 0 Å². The largest absolute Gasteiger partial charge is 0.459 e. The van der Waals surface area contributed by atoms with E-state index in [0.717, 1.165) is 0 Å². The van der Waals surface area contributed by atoms with Crippen molar-refractivity contribution in [3.8, 4) is 0 Å². The van der Waals surface area contributed by atoms with Gasteiger partial charge in [-0.3, -0.25) is 14.4 Å². The normalized spacial score (nSPS) is 17.7. The number of urea groups is 1. The smallest absolute Gasteiger partial charge is 0.419 e. The molecule has 1 aromatic rings. The number of nitrogens with one attached hydrogen (secondary N) is 3. The molecule has 1 saturated heterocycles. The van der Waals surface area contributed by atoms with Crippen LogP contribution in [0.5, 0.6) is 0 Å². The predicted octanol–water partition coefficient (Wildman–Crippen LogP) is 3.24. The molecule has 228 valence electrons. The minimum absolute atomic E-state index is 0.183. The van der Waals surface area contributed by atoms with E-state index in [2.05, 4.69) is 10.6 Å². The molecule has 10 nitrogen and oxygen atoms in total. The molecule has 4 amide bonds. The van der Waals surface area contributed by atoms with Crippen molar-refractivity contribution in [3.05, 3.63) is 35.9 Å². The molecule has 1 aliphatic heterocycles. The molecule has 41 heavy (non-hydrogen) atoms. The van der Waals surface area contributed by atoms with E-state index in [4.69, 9.17) is 4.74 Å². The third-order valence-corrected chi connectivity index (χ3v) is 6.67.